The van der Waals surface area contributed by atoms with E-state index in [9.17, 15) is 0 Å². The van der Waals surface area contributed by atoms with E-state index < -0.39 is 0 Å². The fraction of sp³-hybridized carbons (Fsp3) is 0.136. The van der Waals surface area contributed by atoms with Crippen LogP contribution in [0.25, 0.3) is 0 Å². The molecule has 0 bridgehead atoms. The molecule has 0 aromatic heterocycles. The molecule has 5 heteroatoms. The smallest absolute Gasteiger partial charge is 0.131 e. The first-order chi connectivity index (χ1) is 13.2. The van der Waals surface area contributed by atoms with Crippen molar-refractivity contribution < 1.29 is 14.2 Å². The van der Waals surface area contributed by atoms with E-state index >= 15 is 0 Å². The lowest BCUT2D eigenvalue weighted by molar-refractivity contribution is 0.340. The summed E-state index contributed by atoms with van der Waals surface area (Å²) in [6, 6.07) is 20.5. The van der Waals surface area contributed by atoms with E-state index in [4.69, 9.17) is 25.8 Å². The van der Waals surface area contributed by atoms with Gasteiger partial charge in [-0.3, -0.25) is 4.99 Å². The largest absolute Gasteiger partial charge is 0.497 e. The molecule has 0 saturated heterocycles. The summed E-state index contributed by atoms with van der Waals surface area (Å²) >= 11 is 6.08. The van der Waals surface area contributed by atoms with Crippen LogP contribution in [0, 0.1) is 0 Å². The number of aliphatic imine (C=N–C) groups is 1. The average Bonchev–Trinajstić information content (AvgIpc) is 2.69. The predicted molar refractivity (Wildman–Crippen MR) is 109 cm³/mol. The van der Waals surface area contributed by atoms with Crippen LogP contribution in [-0.4, -0.2) is 19.9 Å². The fourth-order valence-electron chi connectivity index (χ4n) is 2.45. The van der Waals surface area contributed by atoms with E-state index in [0.717, 1.165) is 28.5 Å². The van der Waals surface area contributed by atoms with Gasteiger partial charge in [0.2, 0.25) is 0 Å². The van der Waals surface area contributed by atoms with Gasteiger partial charge in [-0.05, 0) is 61.5 Å². The normalized spacial score (nSPS) is 10.8. The van der Waals surface area contributed by atoms with E-state index in [1.165, 1.54) is 0 Å². The van der Waals surface area contributed by atoms with Gasteiger partial charge in [0.25, 0.3) is 0 Å². The van der Waals surface area contributed by atoms with Gasteiger partial charge in [-0.15, -0.1) is 0 Å². The Kier molecular flexibility index (Phi) is 6.34. The maximum Gasteiger partial charge on any atom is 0.131 e. The Bertz CT molecular complexity index is 923. The summed E-state index contributed by atoms with van der Waals surface area (Å²) in [5.41, 5.74) is 1.64. The molecule has 0 aliphatic heterocycles. The molecule has 27 heavy (non-hydrogen) atoms. The van der Waals surface area contributed by atoms with Crippen LogP contribution < -0.4 is 14.2 Å². The Morgan fingerprint density at radius 1 is 0.926 bits per heavy atom. The van der Waals surface area contributed by atoms with E-state index in [2.05, 4.69) is 4.99 Å². The van der Waals surface area contributed by atoms with Crippen molar-refractivity contribution in [3.8, 4) is 23.0 Å². The van der Waals surface area contributed by atoms with Crippen molar-refractivity contribution in [3.63, 3.8) is 0 Å². The van der Waals surface area contributed by atoms with Gasteiger partial charge in [0.1, 0.15) is 23.0 Å². The Balaban J connectivity index is 1.72. The molecule has 0 fully saturated rings. The Morgan fingerprint density at radius 2 is 1.70 bits per heavy atom. The van der Waals surface area contributed by atoms with Crippen molar-refractivity contribution in [1.29, 1.82) is 0 Å². The molecule has 0 heterocycles. The lowest BCUT2D eigenvalue weighted by atomic mass is 10.2. The molecule has 0 unspecified atom stereocenters. The minimum atomic E-state index is 0.582. The molecule has 0 radical (unpaired) electrons. The molecule has 0 spiro atoms. The molecule has 0 N–H and O–H groups in total. The Labute approximate surface area is 164 Å². The molecular formula is C22H20ClNO3. The SMILES string of the molecule is CCOc1ccc(Cl)cc1C=Nc1ccc(Oc2cccc(OC)c2)cc1. The van der Waals surface area contributed by atoms with Crippen molar-refractivity contribution in [3.05, 3.63) is 77.3 Å². The minimum absolute atomic E-state index is 0.582. The predicted octanol–water partition coefficient (Wildman–Crippen LogP) is 6.29. The Hall–Kier alpha value is -2.98. The van der Waals surface area contributed by atoms with Gasteiger partial charge in [-0.25, -0.2) is 0 Å². The standard InChI is InChI=1S/C22H20ClNO3/c1-3-26-22-12-7-17(23)13-16(22)15-24-18-8-10-19(11-9-18)27-21-6-4-5-20(14-21)25-2/h4-15H,3H2,1-2H3. The first kappa shape index (κ1) is 18.8. The summed E-state index contributed by atoms with van der Waals surface area (Å²) in [5.74, 6) is 2.94. The molecule has 0 atom stereocenters. The van der Waals surface area contributed by atoms with Crippen molar-refractivity contribution in [2.45, 2.75) is 6.92 Å². The number of hydrogen-bond donors (Lipinski definition) is 0. The summed E-state index contributed by atoms with van der Waals surface area (Å²) in [7, 11) is 1.63. The van der Waals surface area contributed by atoms with Gasteiger partial charge >= 0.3 is 0 Å². The zero-order valence-corrected chi connectivity index (χ0v) is 15.9. The van der Waals surface area contributed by atoms with Gasteiger partial charge < -0.3 is 14.2 Å². The first-order valence-corrected chi connectivity index (χ1v) is 8.94. The molecule has 3 rings (SSSR count). The molecule has 3 aromatic carbocycles. The molecule has 0 aliphatic carbocycles. The summed E-state index contributed by atoms with van der Waals surface area (Å²) in [5, 5.41) is 0.641. The monoisotopic (exact) mass is 381 g/mol. The highest BCUT2D eigenvalue weighted by atomic mass is 35.5. The number of hydrogen-bond acceptors (Lipinski definition) is 4. The van der Waals surface area contributed by atoms with E-state index in [0.29, 0.717) is 17.4 Å². The first-order valence-electron chi connectivity index (χ1n) is 8.56. The average molecular weight is 382 g/mol. The van der Waals surface area contributed by atoms with Gasteiger partial charge in [0, 0.05) is 22.9 Å². The van der Waals surface area contributed by atoms with Gasteiger partial charge in [-0.1, -0.05) is 17.7 Å². The third-order valence-electron chi connectivity index (χ3n) is 3.74. The molecule has 138 valence electrons. The van der Waals surface area contributed by atoms with Gasteiger partial charge in [-0.2, -0.15) is 0 Å². The molecule has 4 nitrogen and oxygen atoms in total. The van der Waals surface area contributed by atoms with Gasteiger partial charge in [0.05, 0.1) is 19.4 Å². The number of ether oxygens (including phenoxy) is 3. The van der Waals surface area contributed by atoms with Crippen LogP contribution in [0.2, 0.25) is 5.02 Å². The second-order valence-corrected chi connectivity index (χ2v) is 6.08. The highest BCUT2D eigenvalue weighted by molar-refractivity contribution is 6.30. The van der Waals surface area contributed by atoms with Crippen LogP contribution in [0.3, 0.4) is 0 Å². The zero-order chi connectivity index (χ0) is 19.1. The van der Waals surface area contributed by atoms with E-state index in [1.807, 2.05) is 67.6 Å². The van der Waals surface area contributed by atoms with Gasteiger partial charge in [0.15, 0.2) is 0 Å². The van der Waals surface area contributed by atoms with Crippen molar-refractivity contribution in [2.75, 3.05) is 13.7 Å². The lowest BCUT2D eigenvalue weighted by Gasteiger charge is -2.08. The van der Waals surface area contributed by atoms with Crippen LogP contribution >= 0.6 is 11.6 Å². The zero-order valence-electron chi connectivity index (χ0n) is 15.2. The van der Waals surface area contributed by atoms with E-state index in [1.54, 1.807) is 19.4 Å². The second kappa shape index (κ2) is 9.10. The summed E-state index contributed by atoms with van der Waals surface area (Å²) in [6.07, 6.45) is 1.74. The van der Waals surface area contributed by atoms with E-state index in [-0.39, 0.29) is 0 Å². The van der Waals surface area contributed by atoms with Crippen molar-refractivity contribution in [2.24, 2.45) is 4.99 Å². The molecular weight excluding hydrogens is 362 g/mol. The number of rotatable bonds is 7. The second-order valence-electron chi connectivity index (χ2n) is 5.65. The number of nitrogens with zero attached hydrogens (tertiary/aromatic N) is 1. The van der Waals surface area contributed by atoms with Crippen LogP contribution in [0.4, 0.5) is 5.69 Å². The maximum absolute atomic E-state index is 6.08. The van der Waals surface area contributed by atoms with Crippen LogP contribution in [0.1, 0.15) is 12.5 Å². The van der Waals surface area contributed by atoms with Crippen molar-refractivity contribution >= 4 is 23.5 Å². The quantitative estimate of drug-likeness (QED) is 0.451. The minimum Gasteiger partial charge on any atom is -0.497 e. The molecule has 0 saturated carbocycles. The maximum atomic E-state index is 6.08. The lowest BCUT2D eigenvalue weighted by Crippen LogP contribution is -1.95. The summed E-state index contributed by atoms with van der Waals surface area (Å²) < 4.78 is 16.6. The third kappa shape index (κ3) is 5.25. The van der Waals surface area contributed by atoms with Crippen LogP contribution in [0.5, 0.6) is 23.0 Å². The molecule has 0 aliphatic rings. The van der Waals surface area contributed by atoms with Crippen molar-refractivity contribution in [1.82, 2.24) is 0 Å². The number of halogens is 1. The molecule has 3 aromatic rings. The van der Waals surface area contributed by atoms with Crippen LogP contribution in [0.15, 0.2) is 71.7 Å². The fourth-order valence-corrected chi connectivity index (χ4v) is 2.63. The highest BCUT2D eigenvalue weighted by Crippen LogP contribution is 2.27. The Morgan fingerprint density at radius 3 is 2.44 bits per heavy atom. The highest BCUT2D eigenvalue weighted by Gasteiger charge is 2.03. The number of benzene rings is 3. The third-order valence-corrected chi connectivity index (χ3v) is 3.97. The molecule has 0 amide bonds. The summed E-state index contributed by atoms with van der Waals surface area (Å²) in [6.45, 7) is 2.52. The summed E-state index contributed by atoms with van der Waals surface area (Å²) in [4.78, 5) is 4.50. The number of methoxy groups -OCH3 is 1. The topological polar surface area (TPSA) is 40.0 Å². The van der Waals surface area contributed by atoms with Crippen LogP contribution in [-0.2, 0) is 0 Å².